The fourth-order valence-electron chi connectivity index (χ4n) is 3.37. The van der Waals surface area contributed by atoms with Gasteiger partial charge in [0.25, 0.3) is 11.8 Å². The number of hydrogen-bond donors (Lipinski definition) is 3. The van der Waals surface area contributed by atoms with Crippen LogP contribution < -0.4 is 11.1 Å². The molecule has 2 aromatic rings. The summed E-state index contributed by atoms with van der Waals surface area (Å²) in [4.78, 5) is 48.1. The topological polar surface area (TPSA) is 191 Å². The maximum atomic E-state index is 12.9. The number of carboxylic acid groups (broad SMARTS) is 1. The number of aliphatic carboxylic acids is 1. The van der Waals surface area contributed by atoms with E-state index in [4.69, 9.17) is 10.6 Å². The first-order valence-electron chi connectivity index (χ1n) is 9.90. The Balaban J connectivity index is 1.45. The van der Waals surface area contributed by atoms with Gasteiger partial charge in [0.1, 0.15) is 24.5 Å². The smallest absolute Gasteiger partial charge is 0.353 e. The molecular weight excluding hydrogens is 518 g/mol. The number of aromatic nitrogens is 5. The summed E-state index contributed by atoms with van der Waals surface area (Å²) in [5.41, 5.74) is 5.58. The molecule has 2 unspecified atom stereocenters. The summed E-state index contributed by atoms with van der Waals surface area (Å²) in [6.07, 6.45) is 3.44. The van der Waals surface area contributed by atoms with E-state index in [1.165, 1.54) is 40.2 Å². The Hall–Kier alpha value is -3.44. The van der Waals surface area contributed by atoms with Gasteiger partial charge < -0.3 is 21.0 Å². The highest BCUT2D eigenvalue weighted by atomic mass is 32.2. The van der Waals surface area contributed by atoms with E-state index in [0.29, 0.717) is 21.6 Å². The second kappa shape index (κ2) is 10.4. The molecule has 4 heterocycles. The van der Waals surface area contributed by atoms with Crippen molar-refractivity contribution in [2.45, 2.75) is 17.2 Å². The van der Waals surface area contributed by atoms with Crippen molar-refractivity contribution in [3.8, 4) is 0 Å². The largest absolute Gasteiger partial charge is 0.477 e. The number of thioether (sulfide) groups is 2. The Morgan fingerprint density at radius 2 is 2.29 bits per heavy atom. The number of thiazole rings is 1. The number of nitrogens with two attached hydrogens (primary N) is 1. The van der Waals surface area contributed by atoms with E-state index in [2.05, 4.69) is 31.0 Å². The number of carboxylic acids is 1. The van der Waals surface area contributed by atoms with Crippen LogP contribution in [0.15, 0.2) is 38.4 Å². The molecule has 4 N–H and O–H groups in total. The summed E-state index contributed by atoms with van der Waals surface area (Å²) in [6.45, 7) is 0. The quantitative estimate of drug-likeness (QED) is 0.164. The first-order chi connectivity index (χ1) is 16.8. The number of β-lactam (4-membered cyclic amide) rings is 1. The first-order valence-corrected chi connectivity index (χ1v) is 12.8. The summed E-state index contributed by atoms with van der Waals surface area (Å²) >= 11 is 3.80. The van der Waals surface area contributed by atoms with Gasteiger partial charge in [-0.3, -0.25) is 14.5 Å². The molecule has 0 aromatic carbocycles. The van der Waals surface area contributed by atoms with Crippen LogP contribution in [0.25, 0.3) is 0 Å². The molecule has 2 amide bonds. The molecule has 184 valence electrons. The maximum absolute atomic E-state index is 12.9. The summed E-state index contributed by atoms with van der Waals surface area (Å²) in [6, 6.07) is -1.44. The monoisotopic (exact) mass is 537 g/mol. The average Bonchev–Trinajstić information content (AvgIpc) is 3.45. The van der Waals surface area contributed by atoms with Crippen molar-refractivity contribution in [2.24, 2.45) is 12.2 Å². The lowest BCUT2D eigenvalue weighted by Crippen LogP contribution is -2.73. The van der Waals surface area contributed by atoms with E-state index in [-0.39, 0.29) is 22.2 Å². The third kappa shape index (κ3) is 5.01. The van der Waals surface area contributed by atoms with Crippen LogP contribution in [0, 0.1) is 0 Å². The summed E-state index contributed by atoms with van der Waals surface area (Å²) < 4.78 is 1.53. The highest BCUT2D eigenvalue weighted by molar-refractivity contribution is 8.03. The predicted molar refractivity (Wildman–Crippen MR) is 128 cm³/mol. The highest BCUT2D eigenvalue weighted by Crippen LogP contribution is 2.39. The maximum Gasteiger partial charge on any atom is 0.353 e. The van der Waals surface area contributed by atoms with Crippen LogP contribution in [0.4, 0.5) is 5.13 Å². The minimum Gasteiger partial charge on any atom is -0.477 e. The van der Waals surface area contributed by atoms with Crippen LogP contribution in [-0.2, 0) is 26.3 Å². The van der Waals surface area contributed by atoms with Crippen LogP contribution in [-0.4, -0.2) is 89.4 Å². The van der Waals surface area contributed by atoms with Gasteiger partial charge in [-0.15, -0.1) is 28.2 Å². The van der Waals surface area contributed by atoms with Gasteiger partial charge >= 0.3 is 5.97 Å². The van der Waals surface area contributed by atoms with Gasteiger partial charge in [-0.1, -0.05) is 23.0 Å². The molecule has 1 fully saturated rings. The zero-order valence-corrected chi connectivity index (χ0v) is 20.8. The van der Waals surface area contributed by atoms with Gasteiger partial charge in [-0.05, 0) is 16.5 Å². The van der Waals surface area contributed by atoms with Gasteiger partial charge in [0.2, 0.25) is 5.16 Å². The Morgan fingerprint density at radius 3 is 2.91 bits per heavy atom. The number of nitrogens with one attached hydrogen (secondary N) is 1. The van der Waals surface area contributed by atoms with E-state index >= 15 is 0 Å². The van der Waals surface area contributed by atoms with Crippen molar-refractivity contribution >= 4 is 63.5 Å². The summed E-state index contributed by atoms with van der Waals surface area (Å²) in [5.74, 6) is -1.54. The van der Waals surface area contributed by atoms with E-state index in [1.807, 2.05) is 0 Å². The Kier molecular flexibility index (Phi) is 7.37. The molecule has 1 saturated heterocycles. The molecule has 0 aliphatic carbocycles. The zero-order chi connectivity index (χ0) is 25.1. The number of hydrogen-bond acceptors (Lipinski definition) is 13. The Bertz CT molecular complexity index is 1250. The fraction of sp³-hybridized carbons (Fsp3) is 0.333. The number of rotatable bonds is 9. The number of nitrogen functional groups attached to an aromatic ring is 1. The number of tetrazole rings is 1. The minimum atomic E-state index is -1.23. The number of allylic oxidation sites excluding steroid dienone is 1. The number of amides is 2. The molecule has 0 bridgehead atoms. The van der Waals surface area contributed by atoms with Crippen molar-refractivity contribution in [3.63, 3.8) is 0 Å². The second-order valence-electron chi connectivity index (χ2n) is 7.05. The molecule has 17 heteroatoms. The Labute approximate surface area is 210 Å². The normalized spacial score (nSPS) is 20.1. The molecule has 2 aliphatic rings. The van der Waals surface area contributed by atoms with Crippen LogP contribution in [0.1, 0.15) is 5.69 Å². The number of aryl methyl sites for hydroxylation is 1. The SMILES string of the molecule is CO/N=C(\C(=O)NC1C(=O)N2C(C(=O)O)=C(/C=C/CSc3nnnn3C)SCC12)c1csc(N)n1. The van der Waals surface area contributed by atoms with E-state index in [1.54, 1.807) is 24.6 Å². The molecule has 4 rings (SSSR count). The molecule has 0 radical (unpaired) electrons. The lowest BCUT2D eigenvalue weighted by molar-refractivity contribution is -0.153. The molecular formula is C18H19N9O5S3. The van der Waals surface area contributed by atoms with Gasteiger partial charge in [0.05, 0.1) is 6.04 Å². The van der Waals surface area contributed by atoms with Crippen LogP contribution in [0.2, 0.25) is 0 Å². The predicted octanol–water partition coefficient (Wildman–Crippen LogP) is -0.314. The van der Waals surface area contributed by atoms with Crippen molar-refractivity contribution in [1.82, 2.24) is 35.4 Å². The number of carbonyl (C=O) groups is 3. The lowest BCUT2D eigenvalue weighted by Gasteiger charge is -2.49. The number of nitrogens with zero attached hydrogens (tertiary/aromatic N) is 7. The molecule has 2 aromatic heterocycles. The van der Waals surface area contributed by atoms with Crippen LogP contribution in [0.5, 0.6) is 0 Å². The number of carbonyl (C=O) groups excluding carboxylic acids is 2. The molecule has 0 saturated carbocycles. The zero-order valence-electron chi connectivity index (χ0n) is 18.3. The van der Waals surface area contributed by atoms with Crippen LogP contribution in [0.3, 0.4) is 0 Å². The van der Waals surface area contributed by atoms with E-state index in [0.717, 1.165) is 11.3 Å². The standard InChI is InChI=1S/C18H19N9O5S3/c1-26-18(22-24-25-26)33-5-3-4-10-13(16(30)31)27-9(7-34-10)12(15(27)29)21-14(28)11(23-32-2)8-6-35-17(19)20-8/h3-4,6,9,12H,5,7H2,1-2H3,(H2,19,20)(H,21,28)(H,30,31)/b4-3+,23-11-. The lowest BCUT2D eigenvalue weighted by atomic mass is 9.94. The van der Waals surface area contributed by atoms with Gasteiger partial charge in [0.15, 0.2) is 10.8 Å². The molecule has 14 nitrogen and oxygen atoms in total. The summed E-state index contributed by atoms with van der Waals surface area (Å²) in [7, 11) is 2.99. The number of fused-ring (bicyclic) bond motifs is 1. The molecule has 0 spiro atoms. The van der Waals surface area contributed by atoms with E-state index in [9.17, 15) is 19.5 Å². The van der Waals surface area contributed by atoms with Gasteiger partial charge in [-0.2, -0.15) is 0 Å². The third-order valence-electron chi connectivity index (χ3n) is 4.91. The first kappa shape index (κ1) is 24.7. The van der Waals surface area contributed by atoms with Crippen molar-refractivity contribution < 1.29 is 24.3 Å². The molecule has 35 heavy (non-hydrogen) atoms. The van der Waals surface area contributed by atoms with Gasteiger partial charge in [-0.25, -0.2) is 14.5 Å². The number of anilines is 1. The Morgan fingerprint density at radius 1 is 1.49 bits per heavy atom. The fourth-order valence-corrected chi connectivity index (χ4v) is 5.78. The summed E-state index contributed by atoms with van der Waals surface area (Å²) in [5, 5.41) is 29.7. The second-order valence-corrected chi connectivity index (χ2v) is 9.99. The third-order valence-corrected chi connectivity index (χ3v) is 7.70. The molecule has 2 aliphatic heterocycles. The van der Waals surface area contributed by atoms with Crippen molar-refractivity contribution in [3.05, 3.63) is 33.8 Å². The highest BCUT2D eigenvalue weighted by Gasteiger charge is 2.54. The number of oxime groups is 1. The molecule has 2 atom stereocenters. The minimum absolute atomic E-state index is 0.124. The average molecular weight is 538 g/mol. The van der Waals surface area contributed by atoms with Crippen LogP contribution >= 0.6 is 34.9 Å². The van der Waals surface area contributed by atoms with E-state index < -0.39 is 29.9 Å². The van der Waals surface area contributed by atoms with Crippen molar-refractivity contribution in [2.75, 3.05) is 24.3 Å². The van der Waals surface area contributed by atoms with Gasteiger partial charge in [0, 0.05) is 28.8 Å². The van der Waals surface area contributed by atoms with Crippen molar-refractivity contribution in [1.29, 1.82) is 0 Å².